The van der Waals surface area contributed by atoms with Crippen LogP contribution in [0.25, 0.3) is 0 Å². The zero-order valence-electron chi connectivity index (χ0n) is 13.9. The van der Waals surface area contributed by atoms with Gasteiger partial charge in [0.15, 0.2) is 6.29 Å². The van der Waals surface area contributed by atoms with Gasteiger partial charge in [-0.2, -0.15) is 0 Å². The molecule has 0 aliphatic carbocycles. The van der Waals surface area contributed by atoms with Gasteiger partial charge in [-0.05, 0) is 49.2 Å². The Kier molecular flexibility index (Phi) is 5.47. The topological polar surface area (TPSA) is 74.4 Å². The summed E-state index contributed by atoms with van der Waals surface area (Å²) in [6.07, 6.45) is 0.0173. The van der Waals surface area contributed by atoms with Gasteiger partial charge in [-0.1, -0.05) is 18.2 Å². The summed E-state index contributed by atoms with van der Waals surface area (Å²) in [7, 11) is 0. The third kappa shape index (κ3) is 4.68. The lowest BCUT2D eigenvalue weighted by atomic mass is 10.1. The molecule has 2 unspecified atom stereocenters. The number of rotatable bonds is 6. The van der Waals surface area contributed by atoms with E-state index >= 15 is 0 Å². The van der Waals surface area contributed by atoms with Crippen molar-refractivity contribution in [3.63, 3.8) is 0 Å². The van der Waals surface area contributed by atoms with Crippen LogP contribution < -0.4 is 26.2 Å². The van der Waals surface area contributed by atoms with Crippen LogP contribution in [0.2, 0.25) is 0 Å². The largest absolute Gasteiger partial charge is 0.494 e. The summed E-state index contributed by atoms with van der Waals surface area (Å²) in [4.78, 5) is 12.3. The summed E-state index contributed by atoms with van der Waals surface area (Å²) in [5, 5.41) is 5.81. The molecule has 1 amide bonds. The van der Waals surface area contributed by atoms with Crippen molar-refractivity contribution >= 4 is 11.6 Å². The molecule has 7 heteroatoms. The first kappa shape index (κ1) is 17.2. The Bertz CT molecular complexity index is 723. The second-order valence-corrected chi connectivity index (χ2v) is 5.72. The van der Waals surface area contributed by atoms with E-state index in [0.29, 0.717) is 18.7 Å². The molecule has 1 aliphatic rings. The molecule has 1 saturated heterocycles. The SMILES string of the molecule is CCOc1ccc(CC2NNC(Nc3cccc(F)c3)NC2=O)cc1. The van der Waals surface area contributed by atoms with Crippen LogP contribution in [0.3, 0.4) is 0 Å². The number of ether oxygens (including phenoxy) is 1. The Balaban J connectivity index is 1.54. The monoisotopic (exact) mass is 344 g/mol. The molecular weight excluding hydrogens is 323 g/mol. The summed E-state index contributed by atoms with van der Waals surface area (Å²) in [5.74, 6) is 0.333. The zero-order valence-corrected chi connectivity index (χ0v) is 13.9. The molecular formula is C18H21FN4O2. The molecule has 0 spiro atoms. The highest BCUT2D eigenvalue weighted by molar-refractivity contribution is 5.83. The molecule has 1 fully saturated rings. The summed E-state index contributed by atoms with van der Waals surface area (Å²) in [5.41, 5.74) is 7.57. The maximum absolute atomic E-state index is 13.2. The standard InChI is InChI=1S/C18H21FN4O2/c1-2-25-15-8-6-12(7-9-15)10-16-17(24)21-18(23-22-16)20-14-5-3-4-13(19)11-14/h3-9,11,16,18,20,22-23H,2,10H2,1H3,(H,21,24). The number of carbonyl (C=O) groups is 1. The second-order valence-electron chi connectivity index (χ2n) is 5.72. The van der Waals surface area contributed by atoms with E-state index < -0.39 is 12.3 Å². The molecule has 3 rings (SSSR count). The van der Waals surface area contributed by atoms with Crippen LogP contribution in [-0.4, -0.2) is 24.8 Å². The number of anilines is 1. The number of benzene rings is 2. The van der Waals surface area contributed by atoms with E-state index in [1.165, 1.54) is 12.1 Å². The predicted molar refractivity (Wildman–Crippen MR) is 93.3 cm³/mol. The molecule has 0 bridgehead atoms. The maximum Gasteiger partial charge on any atom is 0.241 e. The summed E-state index contributed by atoms with van der Waals surface area (Å²) in [6, 6.07) is 13.3. The molecule has 1 aliphatic heterocycles. The zero-order chi connectivity index (χ0) is 17.6. The number of nitrogens with one attached hydrogen (secondary N) is 4. The smallest absolute Gasteiger partial charge is 0.241 e. The number of carbonyl (C=O) groups excluding carboxylic acids is 1. The average molecular weight is 344 g/mol. The number of amides is 1. The first-order valence-electron chi connectivity index (χ1n) is 8.19. The predicted octanol–water partition coefficient (Wildman–Crippen LogP) is 1.76. The normalized spacial score (nSPS) is 20.0. The molecule has 25 heavy (non-hydrogen) atoms. The number of hydrogen-bond acceptors (Lipinski definition) is 5. The Morgan fingerprint density at radius 2 is 1.96 bits per heavy atom. The molecule has 2 aromatic carbocycles. The van der Waals surface area contributed by atoms with Gasteiger partial charge in [0.1, 0.15) is 17.6 Å². The third-order valence-electron chi connectivity index (χ3n) is 3.81. The molecule has 6 nitrogen and oxygen atoms in total. The molecule has 1 heterocycles. The molecule has 2 aromatic rings. The van der Waals surface area contributed by atoms with Crippen molar-refractivity contribution in [3.05, 3.63) is 59.9 Å². The highest BCUT2D eigenvalue weighted by Gasteiger charge is 2.27. The quantitative estimate of drug-likeness (QED) is 0.643. The van der Waals surface area contributed by atoms with Crippen molar-refractivity contribution in [1.82, 2.24) is 16.2 Å². The lowest BCUT2D eigenvalue weighted by molar-refractivity contribution is -0.126. The van der Waals surface area contributed by atoms with Crippen molar-refractivity contribution < 1.29 is 13.9 Å². The molecule has 0 saturated carbocycles. The highest BCUT2D eigenvalue weighted by atomic mass is 19.1. The Labute approximate surface area is 145 Å². The fraction of sp³-hybridized carbons (Fsp3) is 0.278. The van der Waals surface area contributed by atoms with Gasteiger partial charge in [-0.25, -0.2) is 15.2 Å². The number of hydrogen-bond donors (Lipinski definition) is 4. The summed E-state index contributed by atoms with van der Waals surface area (Å²) >= 11 is 0. The van der Waals surface area contributed by atoms with Crippen LogP contribution in [0.1, 0.15) is 12.5 Å². The molecule has 4 N–H and O–H groups in total. The van der Waals surface area contributed by atoms with E-state index in [2.05, 4.69) is 21.5 Å². The minimum Gasteiger partial charge on any atom is -0.494 e. The summed E-state index contributed by atoms with van der Waals surface area (Å²) in [6.45, 7) is 2.56. The van der Waals surface area contributed by atoms with Gasteiger partial charge in [-0.3, -0.25) is 4.79 Å². The first-order chi connectivity index (χ1) is 12.1. The van der Waals surface area contributed by atoms with Crippen LogP contribution >= 0.6 is 0 Å². The van der Waals surface area contributed by atoms with Crippen molar-refractivity contribution in [2.75, 3.05) is 11.9 Å². The van der Waals surface area contributed by atoms with E-state index in [4.69, 9.17) is 4.74 Å². The highest BCUT2D eigenvalue weighted by Crippen LogP contribution is 2.14. The van der Waals surface area contributed by atoms with Crippen molar-refractivity contribution in [2.45, 2.75) is 25.7 Å². The molecule has 0 radical (unpaired) electrons. The number of hydrazine groups is 1. The fourth-order valence-electron chi connectivity index (χ4n) is 2.61. The van der Waals surface area contributed by atoms with Crippen LogP contribution in [0.4, 0.5) is 10.1 Å². The van der Waals surface area contributed by atoms with E-state index in [1.807, 2.05) is 31.2 Å². The van der Waals surface area contributed by atoms with Gasteiger partial charge in [-0.15, -0.1) is 0 Å². The van der Waals surface area contributed by atoms with Gasteiger partial charge in [0.05, 0.1) is 6.61 Å². The lowest BCUT2D eigenvalue weighted by Gasteiger charge is -2.32. The van der Waals surface area contributed by atoms with Gasteiger partial charge in [0.2, 0.25) is 5.91 Å². The van der Waals surface area contributed by atoms with E-state index in [9.17, 15) is 9.18 Å². The van der Waals surface area contributed by atoms with E-state index in [-0.39, 0.29) is 11.7 Å². The first-order valence-corrected chi connectivity index (χ1v) is 8.19. The second kappa shape index (κ2) is 7.96. The minimum absolute atomic E-state index is 0.137. The lowest BCUT2D eigenvalue weighted by Crippen LogP contribution is -2.68. The molecule has 132 valence electrons. The van der Waals surface area contributed by atoms with Crippen molar-refractivity contribution in [1.29, 1.82) is 0 Å². The number of halogens is 1. The van der Waals surface area contributed by atoms with E-state index in [0.717, 1.165) is 11.3 Å². The van der Waals surface area contributed by atoms with Crippen LogP contribution in [0.15, 0.2) is 48.5 Å². The van der Waals surface area contributed by atoms with Gasteiger partial charge < -0.3 is 15.4 Å². The van der Waals surface area contributed by atoms with Crippen LogP contribution in [-0.2, 0) is 11.2 Å². The van der Waals surface area contributed by atoms with E-state index in [1.54, 1.807) is 12.1 Å². The maximum atomic E-state index is 13.2. The summed E-state index contributed by atoms with van der Waals surface area (Å²) < 4.78 is 18.6. The fourth-order valence-corrected chi connectivity index (χ4v) is 2.61. The third-order valence-corrected chi connectivity index (χ3v) is 3.81. The average Bonchev–Trinajstić information content (AvgIpc) is 2.59. The van der Waals surface area contributed by atoms with Crippen molar-refractivity contribution in [3.8, 4) is 5.75 Å². The Morgan fingerprint density at radius 3 is 2.64 bits per heavy atom. The van der Waals surface area contributed by atoms with Crippen molar-refractivity contribution in [2.24, 2.45) is 0 Å². The molecule has 0 aromatic heterocycles. The van der Waals surface area contributed by atoms with Crippen LogP contribution in [0.5, 0.6) is 5.75 Å². The van der Waals surface area contributed by atoms with Gasteiger partial charge in [0, 0.05) is 5.69 Å². The Morgan fingerprint density at radius 1 is 1.16 bits per heavy atom. The van der Waals surface area contributed by atoms with Crippen LogP contribution in [0, 0.1) is 5.82 Å². The molecule has 2 atom stereocenters. The Hall–Kier alpha value is -2.64. The van der Waals surface area contributed by atoms with Gasteiger partial charge >= 0.3 is 0 Å². The minimum atomic E-state index is -0.522. The van der Waals surface area contributed by atoms with Gasteiger partial charge in [0.25, 0.3) is 0 Å².